The van der Waals surface area contributed by atoms with E-state index in [0.717, 1.165) is 0 Å². The normalized spacial score (nSPS) is 44.3. The highest BCUT2D eigenvalue weighted by Gasteiger charge is 2.73. The van der Waals surface area contributed by atoms with Crippen molar-refractivity contribution in [2.45, 2.75) is 37.1 Å². The van der Waals surface area contributed by atoms with E-state index in [1.165, 1.54) is 6.26 Å². The van der Waals surface area contributed by atoms with E-state index < -0.39 is 47.5 Å². The molecule has 0 aromatic carbocycles. The number of rotatable bonds is 2. The molecule has 0 saturated carbocycles. The van der Waals surface area contributed by atoms with Crippen molar-refractivity contribution in [3.63, 3.8) is 0 Å². The summed E-state index contributed by atoms with van der Waals surface area (Å²) in [5, 5.41) is 11.7. The number of ether oxygens (including phenoxy) is 1. The summed E-state index contributed by atoms with van der Waals surface area (Å²) < 4.78 is 11.5. The number of fused-ring (bicyclic) bond motifs is 2. The number of ketones is 1. The Morgan fingerprint density at radius 1 is 1.40 bits per heavy atom. The van der Waals surface area contributed by atoms with E-state index in [1.54, 1.807) is 36.1 Å². The number of furan rings is 1. The lowest BCUT2D eigenvalue weighted by Crippen LogP contribution is -2.55. The minimum Gasteiger partial charge on any atom is -0.550 e. The van der Waals surface area contributed by atoms with Crippen molar-refractivity contribution in [3.05, 3.63) is 36.3 Å². The fraction of sp³-hybridized carbons (Fsp3) is 0.500. The average Bonchev–Trinajstić information content (AvgIpc) is 3.32. The Kier molecular flexibility index (Phi) is 2.74. The molecule has 25 heavy (non-hydrogen) atoms. The maximum absolute atomic E-state index is 13.2. The van der Waals surface area contributed by atoms with Crippen LogP contribution in [-0.2, 0) is 19.1 Å². The topological polar surface area (TPSA) is 99.9 Å². The molecule has 0 unspecified atom stereocenters. The summed E-state index contributed by atoms with van der Waals surface area (Å²) in [6.07, 6.45) is 4.44. The lowest BCUT2D eigenvalue weighted by molar-refractivity contribution is -0.313. The number of aliphatic carboxylic acids is 1. The third-order valence-corrected chi connectivity index (χ3v) is 6.22. The number of hydrogen-bond acceptors (Lipinski definition) is 6. The zero-order chi connectivity index (χ0) is 17.5. The van der Waals surface area contributed by atoms with Gasteiger partial charge in [0.2, 0.25) is 5.91 Å². The van der Waals surface area contributed by atoms with E-state index >= 15 is 0 Å². The Morgan fingerprint density at radius 3 is 2.88 bits per heavy atom. The summed E-state index contributed by atoms with van der Waals surface area (Å²) in [4.78, 5) is 39.2. The molecule has 130 valence electrons. The molecule has 4 aliphatic heterocycles. The van der Waals surface area contributed by atoms with Gasteiger partial charge in [0.25, 0.3) is 0 Å². The van der Waals surface area contributed by atoms with Crippen LogP contribution in [0.1, 0.15) is 25.1 Å². The fourth-order valence-electron chi connectivity index (χ4n) is 5.23. The minimum absolute atomic E-state index is 0.0165. The second-order valence-corrected chi connectivity index (χ2v) is 7.30. The van der Waals surface area contributed by atoms with Gasteiger partial charge in [0.1, 0.15) is 17.1 Å². The number of Topliss-reactive ketones (excluding diaryl/α,β-unsaturated/α-hetero) is 1. The molecule has 3 fully saturated rings. The van der Waals surface area contributed by atoms with Gasteiger partial charge in [0.05, 0.1) is 30.4 Å². The summed E-state index contributed by atoms with van der Waals surface area (Å²) in [7, 11) is 0. The molecule has 0 N–H and O–H groups in total. The molecule has 7 heteroatoms. The molecular formula is C18H16NO6-. The molecule has 0 aliphatic carbocycles. The molecular weight excluding hydrogens is 326 g/mol. The molecule has 0 radical (unpaired) electrons. The van der Waals surface area contributed by atoms with Crippen molar-refractivity contribution in [3.8, 4) is 0 Å². The van der Waals surface area contributed by atoms with Crippen molar-refractivity contribution >= 4 is 17.7 Å². The highest BCUT2D eigenvalue weighted by Crippen LogP contribution is 2.59. The van der Waals surface area contributed by atoms with Crippen LogP contribution in [-0.4, -0.2) is 40.3 Å². The molecule has 3 saturated heterocycles. The number of nitrogens with zero attached hydrogens (tertiary/aromatic N) is 1. The third-order valence-electron chi connectivity index (χ3n) is 6.22. The van der Waals surface area contributed by atoms with Gasteiger partial charge in [-0.15, -0.1) is 0 Å². The lowest BCUT2D eigenvalue weighted by Gasteiger charge is -2.43. The zero-order valence-electron chi connectivity index (χ0n) is 13.5. The molecule has 5 rings (SSSR count). The number of piperidine rings is 1. The van der Waals surface area contributed by atoms with Crippen molar-refractivity contribution in [2.75, 3.05) is 0 Å². The maximum Gasteiger partial charge on any atom is 0.230 e. The Hall–Kier alpha value is -2.41. The van der Waals surface area contributed by atoms with E-state index in [4.69, 9.17) is 9.15 Å². The zero-order valence-corrected chi connectivity index (χ0v) is 13.5. The molecule has 1 aromatic heterocycles. The van der Waals surface area contributed by atoms with E-state index in [-0.39, 0.29) is 18.1 Å². The summed E-state index contributed by atoms with van der Waals surface area (Å²) in [5.74, 6) is -3.37. The molecule has 1 amide bonds. The molecule has 2 bridgehead atoms. The molecule has 1 aromatic rings. The van der Waals surface area contributed by atoms with Crippen LogP contribution in [0.3, 0.4) is 0 Å². The monoisotopic (exact) mass is 342 g/mol. The second-order valence-electron chi connectivity index (χ2n) is 7.30. The van der Waals surface area contributed by atoms with E-state index in [1.807, 2.05) is 0 Å². The van der Waals surface area contributed by atoms with E-state index in [2.05, 4.69) is 0 Å². The van der Waals surface area contributed by atoms with Crippen molar-refractivity contribution in [2.24, 2.45) is 17.8 Å². The molecule has 1 spiro atoms. The predicted octanol–water partition coefficient (Wildman–Crippen LogP) is -0.170. The third kappa shape index (κ3) is 1.62. The Balaban J connectivity index is 1.67. The number of hydrogen-bond donors (Lipinski definition) is 0. The number of carbonyl (C=O) groups is 3. The van der Waals surface area contributed by atoms with Crippen LogP contribution in [0.5, 0.6) is 0 Å². The Labute approximate surface area is 143 Å². The quantitative estimate of drug-likeness (QED) is 0.692. The average molecular weight is 342 g/mol. The smallest absolute Gasteiger partial charge is 0.230 e. The van der Waals surface area contributed by atoms with Crippen LogP contribution < -0.4 is 5.11 Å². The summed E-state index contributed by atoms with van der Waals surface area (Å²) in [6, 6.07) is 2.37. The summed E-state index contributed by atoms with van der Waals surface area (Å²) in [5.41, 5.74) is -1.08. The van der Waals surface area contributed by atoms with Crippen LogP contribution in [0.25, 0.3) is 0 Å². The molecule has 7 nitrogen and oxygen atoms in total. The van der Waals surface area contributed by atoms with Gasteiger partial charge >= 0.3 is 0 Å². The predicted molar refractivity (Wildman–Crippen MR) is 79.6 cm³/mol. The highest BCUT2D eigenvalue weighted by molar-refractivity contribution is 5.95. The first-order chi connectivity index (χ1) is 12.0. The summed E-state index contributed by atoms with van der Waals surface area (Å²) in [6.45, 7) is 1.78. The van der Waals surface area contributed by atoms with Gasteiger partial charge < -0.3 is 24.0 Å². The number of carboxylic acids is 1. The van der Waals surface area contributed by atoms with E-state index in [0.29, 0.717) is 5.76 Å². The van der Waals surface area contributed by atoms with Crippen LogP contribution in [0.15, 0.2) is 35.0 Å². The van der Waals surface area contributed by atoms with Crippen LogP contribution >= 0.6 is 0 Å². The second kappa shape index (κ2) is 4.60. The van der Waals surface area contributed by atoms with Gasteiger partial charge in [0, 0.05) is 24.2 Å². The first kappa shape index (κ1) is 14.9. The first-order valence-corrected chi connectivity index (χ1v) is 8.42. The Bertz CT molecular complexity index is 814. The van der Waals surface area contributed by atoms with Crippen LogP contribution in [0.2, 0.25) is 0 Å². The largest absolute Gasteiger partial charge is 0.550 e. The van der Waals surface area contributed by atoms with Crippen LogP contribution in [0, 0.1) is 17.8 Å². The first-order valence-electron chi connectivity index (χ1n) is 8.42. The van der Waals surface area contributed by atoms with Gasteiger partial charge in [-0.2, -0.15) is 0 Å². The number of amides is 1. The maximum atomic E-state index is 13.2. The lowest BCUT2D eigenvalue weighted by atomic mass is 9.71. The molecule has 5 heterocycles. The van der Waals surface area contributed by atoms with Crippen molar-refractivity contribution < 1.29 is 28.6 Å². The van der Waals surface area contributed by atoms with Gasteiger partial charge in [-0.05, 0) is 12.1 Å². The van der Waals surface area contributed by atoms with Gasteiger partial charge in [-0.25, -0.2) is 0 Å². The SMILES string of the molecule is C[C@@H]1C(=O)C[C@@H](c2ccco2)N2C(=O)[C@H]3[C@@H](C(=O)[O-])[C@H]4C=C[C@@]3(O4)[C@H]12. The number of carbonyl (C=O) groups excluding carboxylic acids is 3. The van der Waals surface area contributed by atoms with Gasteiger partial charge in [-0.3, -0.25) is 9.59 Å². The van der Waals surface area contributed by atoms with Crippen LogP contribution in [0.4, 0.5) is 0 Å². The fourth-order valence-corrected chi connectivity index (χ4v) is 5.23. The number of carboxylic acid groups (broad SMARTS) is 1. The highest BCUT2D eigenvalue weighted by atomic mass is 16.5. The molecule has 4 aliphatic rings. The van der Waals surface area contributed by atoms with E-state index in [9.17, 15) is 19.5 Å². The standard InChI is InChI=1S/C18H17NO6/c1-8-10(20)7-9(11-3-2-6-24-11)19-15(8)18-5-4-12(25-18)13(17(22)23)14(18)16(19)21/h2-6,8-9,12-15H,7H2,1H3,(H,22,23)/p-1/t8-,9+,12-,13+,14-,15+,18+/m1/s1. The Morgan fingerprint density at radius 2 is 2.20 bits per heavy atom. The van der Waals surface area contributed by atoms with Crippen molar-refractivity contribution in [1.29, 1.82) is 0 Å². The van der Waals surface area contributed by atoms with Crippen molar-refractivity contribution in [1.82, 2.24) is 4.90 Å². The van der Waals surface area contributed by atoms with Gasteiger partial charge in [-0.1, -0.05) is 19.1 Å². The molecule has 7 atom stereocenters. The minimum atomic E-state index is -1.29. The van der Waals surface area contributed by atoms with Gasteiger partial charge in [0.15, 0.2) is 0 Å². The summed E-state index contributed by atoms with van der Waals surface area (Å²) >= 11 is 0.